The number of rotatable bonds is 3. The minimum Gasteiger partial charge on any atom is -0.374 e. The lowest BCUT2D eigenvalue weighted by Gasteiger charge is -2.23. The molecule has 0 aromatic heterocycles. The number of fused-ring (bicyclic) bond motifs is 5. The molecule has 1 aliphatic carbocycles. The molecule has 136 valence electrons. The van der Waals surface area contributed by atoms with Crippen LogP contribution in [0.1, 0.15) is 24.8 Å². The van der Waals surface area contributed by atoms with E-state index < -0.39 is 0 Å². The van der Waals surface area contributed by atoms with Crippen molar-refractivity contribution in [1.82, 2.24) is 10.2 Å². The minimum absolute atomic E-state index is 0. The lowest BCUT2D eigenvalue weighted by Crippen LogP contribution is -2.42. The van der Waals surface area contributed by atoms with Crippen molar-refractivity contribution < 1.29 is 4.74 Å². The fraction of sp³-hybridized carbons (Fsp3) is 0.650. The molecule has 0 spiro atoms. The molecule has 1 aromatic rings. The standard InChI is InChI=1S/C20H27N3O.HI/c1-21-20(22-17-10-14(17)9-13-5-3-2-4-6-13)23-11-15-16(12-23)19-8-7-18(15)24-19;/h2-6,14-19H,7-12H2,1H3,(H,21,22);1H. The van der Waals surface area contributed by atoms with Crippen molar-refractivity contribution in [2.24, 2.45) is 22.7 Å². The molecular formula is C20H28IN3O. The smallest absolute Gasteiger partial charge is 0.193 e. The molecule has 3 saturated heterocycles. The minimum atomic E-state index is 0. The second-order valence-electron chi connectivity index (χ2n) is 8.01. The monoisotopic (exact) mass is 453 g/mol. The number of nitrogens with one attached hydrogen (secondary N) is 1. The first-order valence-electron chi connectivity index (χ1n) is 9.49. The highest BCUT2D eigenvalue weighted by atomic mass is 127. The number of halogens is 1. The summed E-state index contributed by atoms with van der Waals surface area (Å²) in [4.78, 5) is 7.07. The zero-order valence-corrected chi connectivity index (χ0v) is 17.1. The van der Waals surface area contributed by atoms with Gasteiger partial charge in [0.1, 0.15) is 0 Å². The van der Waals surface area contributed by atoms with Gasteiger partial charge in [-0.2, -0.15) is 0 Å². The molecule has 6 atom stereocenters. The van der Waals surface area contributed by atoms with Crippen molar-refractivity contribution in [3.63, 3.8) is 0 Å². The third-order valence-corrected chi connectivity index (χ3v) is 6.54. The first-order chi connectivity index (χ1) is 11.8. The third-order valence-electron chi connectivity index (χ3n) is 6.54. The van der Waals surface area contributed by atoms with Crippen molar-refractivity contribution in [3.05, 3.63) is 35.9 Å². The van der Waals surface area contributed by atoms with Crippen molar-refractivity contribution in [1.29, 1.82) is 0 Å². The number of benzene rings is 1. The van der Waals surface area contributed by atoms with Crippen LogP contribution in [0.15, 0.2) is 35.3 Å². The zero-order chi connectivity index (χ0) is 16.1. The zero-order valence-electron chi connectivity index (χ0n) is 14.8. The van der Waals surface area contributed by atoms with Gasteiger partial charge in [0.25, 0.3) is 0 Å². The van der Waals surface area contributed by atoms with Crippen molar-refractivity contribution in [3.8, 4) is 0 Å². The fourth-order valence-corrected chi connectivity index (χ4v) is 5.16. The first-order valence-corrected chi connectivity index (χ1v) is 9.49. The van der Waals surface area contributed by atoms with Gasteiger partial charge in [-0.3, -0.25) is 4.99 Å². The maximum atomic E-state index is 6.09. The molecule has 1 N–H and O–H groups in total. The fourth-order valence-electron chi connectivity index (χ4n) is 5.16. The van der Waals surface area contributed by atoms with Gasteiger partial charge in [0, 0.05) is 38.0 Å². The molecule has 4 nitrogen and oxygen atoms in total. The van der Waals surface area contributed by atoms with E-state index in [1.54, 1.807) is 0 Å². The Hall–Kier alpha value is -0.820. The van der Waals surface area contributed by atoms with Gasteiger partial charge in [0.2, 0.25) is 0 Å². The average molecular weight is 453 g/mol. The van der Waals surface area contributed by atoms with Gasteiger partial charge in [-0.1, -0.05) is 30.3 Å². The lowest BCUT2D eigenvalue weighted by molar-refractivity contribution is 0.0767. The van der Waals surface area contributed by atoms with Gasteiger partial charge in [0.15, 0.2) is 5.96 Å². The van der Waals surface area contributed by atoms with E-state index in [1.165, 1.54) is 31.2 Å². The van der Waals surface area contributed by atoms with Crippen LogP contribution in [0.25, 0.3) is 0 Å². The summed E-state index contributed by atoms with van der Waals surface area (Å²) in [6.07, 6.45) is 6.03. The molecule has 25 heavy (non-hydrogen) atoms. The Bertz CT molecular complexity index is 619. The number of aliphatic imine (C=N–C) groups is 1. The quantitative estimate of drug-likeness (QED) is 0.435. The highest BCUT2D eigenvalue weighted by molar-refractivity contribution is 14.0. The van der Waals surface area contributed by atoms with E-state index in [9.17, 15) is 0 Å². The van der Waals surface area contributed by atoms with Crippen LogP contribution in [0.4, 0.5) is 0 Å². The molecule has 0 amide bonds. The topological polar surface area (TPSA) is 36.9 Å². The maximum absolute atomic E-state index is 6.09. The van der Waals surface area contributed by atoms with Crippen molar-refractivity contribution in [2.45, 2.75) is 43.9 Å². The summed E-state index contributed by atoms with van der Waals surface area (Å²) in [6.45, 7) is 2.25. The molecule has 1 saturated carbocycles. The summed E-state index contributed by atoms with van der Waals surface area (Å²) in [5.41, 5.74) is 1.45. The number of ether oxygens (including phenoxy) is 1. The van der Waals surface area contributed by atoms with Crippen LogP contribution in [0.3, 0.4) is 0 Å². The van der Waals surface area contributed by atoms with Gasteiger partial charge < -0.3 is 15.0 Å². The predicted octanol–water partition coefficient (Wildman–Crippen LogP) is 2.92. The Morgan fingerprint density at radius 1 is 1.16 bits per heavy atom. The largest absolute Gasteiger partial charge is 0.374 e. The molecule has 1 aromatic carbocycles. The Morgan fingerprint density at radius 2 is 1.84 bits per heavy atom. The molecule has 3 heterocycles. The number of hydrogen-bond acceptors (Lipinski definition) is 2. The second-order valence-corrected chi connectivity index (χ2v) is 8.01. The van der Waals surface area contributed by atoms with Crippen LogP contribution >= 0.6 is 24.0 Å². The normalized spacial score (nSPS) is 38.4. The van der Waals surface area contributed by atoms with Gasteiger partial charge in [-0.25, -0.2) is 0 Å². The SMILES string of the molecule is CN=C(NC1CC1Cc1ccccc1)N1CC2C3CCC(O3)C2C1.I. The van der Waals surface area contributed by atoms with Gasteiger partial charge in [0.05, 0.1) is 12.2 Å². The van der Waals surface area contributed by atoms with Crippen molar-refractivity contribution >= 4 is 29.9 Å². The van der Waals surface area contributed by atoms with Crippen LogP contribution in [0, 0.1) is 17.8 Å². The molecule has 0 radical (unpaired) electrons. The summed E-state index contributed by atoms with van der Waals surface area (Å²) >= 11 is 0. The molecule has 5 heteroatoms. The van der Waals surface area contributed by atoms with E-state index in [1.807, 2.05) is 7.05 Å². The Kier molecular flexibility index (Phi) is 4.97. The molecule has 6 unspecified atom stereocenters. The first kappa shape index (κ1) is 17.6. The summed E-state index contributed by atoms with van der Waals surface area (Å²) in [5, 5.41) is 3.73. The van der Waals surface area contributed by atoms with E-state index in [4.69, 9.17) is 4.74 Å². The van der Waals surface area contributed by atoms with E-state index >= 15 is 0 Å². The predicted molar refractivity (Wildman–Crippen MR) is 110 cm³/mol. The van der Waals surface area contributed by atoms with Gasteiger partial charge >= 0.3 is 0 Å². The van der Waals surface area contributed by atoms with E-state index in [2.05, 4.69) is 45.5 Å². The highest BCUT2D eigenvalue weighted by Crippen LogP contribution is 2.47. The maximum Gasteiger partial charge on any atom is 0.193 e. The molecule has 4 fully saturated rings. The summed E-state index contributed by atoms with van der Waals surface area (Å²) in [6, 6.07) is 11.4. The molecule has 3 aliphatic heterocycles. The Labute approximate surface area is 167 Å². The van der Waals surface area contributed by atoms with E-state index in [0.717, 1.165) is 36.8 Å². The summed E-state index contributed by atoms with van der Waals surface area (Å²) < 4.78 is 6.09. The van der Waals surface area contributed by atoms with E-state index in [-0.39, 0.29) is 24.0 Å². The van der Waals surface area contributed by atoms with Crippen LogP contribution in [-0.4, -0.2) is 49.2 Å². The number of guanidine groups is 1. The van der Waals surface area contributed by atoms with Gasteiger partial charge in [-0.05, 0) is 37.2 Å². The number of likely N-dealkylation sites (tertiary alicyclic amines) is 1. The molecular weight excluding hydrogens is 425 g/mol. The van der Waals surface area contributed by atoms with E-state index in [0.29, 0.717) is 18.2 Å². The highest BCUT2D eigenvalue weighted by Gasteiger charge is 2.53. The van der Waals surface area contributed by atoms with Crippen LogP contribution in [0.5, 0.6) is 0 Å². The molecule has 2 bridgehead atoms. The number of hydrogen-bond donors (Lipinski definition) is 1. The summed E-state index contributed by atoms with van der Waals surface area (Å²) in [7, 11) is 1.93. The van der Waals surface area contributed by atoms with Crippen LogP contribution < -0.4 is 5.32 Å². The average Bonchev–Trinajstić information content (AvgIpc) is 3.01. The lowest BCUT2D eigenvalue weighted by atomic mass is 9.82. The van der Waals surface area contributed by atoms with Crippen molar-refractivity contribution in [2.75, 3.05) is 20.1 Å². The van der Waals surface area contributed by atoms with Crippen LogP contribution in [0.2, 0.25) is 0 Å². The third kappa shape index (κ3) is 3.29. The second kappa shape index (κ2) is 7.06. The van der Waals surface area contributed by atoms with Crippen LogP contribution in [-0.2, 0) is 11.2 Å². The molecule has 4 aliphatic rings. The number of nitrogens with zero attached hydrogens (tertiary/aromatic N) is 2. The Balaban J connectivity index is 0.00000157. The molecule has 5 rings (SSSR count). The van der Waals surface area contributed by atoms with Gasteiger partial charge in [-0.15, -0.1) is 24.0 Å². The summed E-state index contributed by atoms with van der Waals surface area (Å²) in [5.74, 6) is 3.35. The Morgan fingerprint density at radius 3 is 2.48 bits per heavy atom.